The molecule has 0 radical (unpaired) electrons. The van der Waals surface area contributed by atoms with Gasteiger partial charge in [0.1, 0.15) is 0 Å². The van der Waals surface area contributed by atoms with Gasteiger partial charge >= 0.3 is 0 Å². The molecule has 0 saturated carbocycles. The van der Waals surface area contributed by atoms with Gasteiger partial charge in [0.2, 0.25) is 0 Å². The molecule has 0 fully saturated rings. The summed E-state index contributed by atoms with van der Waals surface area (Å²) in [5, 5.41) is 5.77. The van der Waals surface area contributed by atoms with Crippen LogP contribution in [0.4, 0.5) is 5.69 Å². The predicted molar refractivity (Wildman–Crippen MR) is 83.7 cm³/mol. The average Bonchev–Trinajstić information content (AvgIpc) is 2.46. The molecule has 0 atom stereocenters. The van der Waals surface area contributed by atoms with E-state index in [4.69, 9.17) is 0 Å². The van der Waals surface area contributed by atoms with Gasteiger partial charge in [-0.2, -0.15) is 0 Å². The number of hydrogen-bond donors (Lipinski definition) is 1. The Kier molecular flexibility index (Phi) is 2.96. The largest absolute Gasteiger partial charge is 0.388 e. The number of hydrogen-bond acceptors (Lipinski definition) is 1. The van der Waals surface area contributed by atoms with E-state index in [0.29, 0.717) is 0 Å². The van der Waals surface area contributed by atoms with Crippen LogP contribution in [0.25, 0.3) is 21.9 Å². The number of nitrogens with one attached hydrogen (secondary N) is 1. The molecule has 0 unspecified atom stereocenters. The van der Waals surface area contributed by atoms with Gasteiger partial charge in [-0.1, -0.05) is 48.0 Å². The van der Waals surface area contributed by atoms with Crippen LogP contribution in [0.2, 0.25) is 0 Å². The molecule has 0 aliphatic carbocycles. The lowest BCUT2D eigenvalue weighted by atomic mass is 10.00. The maximum atomic E-state index is 3.18. The summed E-state index contributed by atoms with van der Waals surface area (Å²) in [6, 6.07) is 21.7. The fourth-order valence-corrected chi connectivity index (χ4v) is 2.40. The van der Waals surface area contributed by atoms with Gasteiger partial charge in [-0.25, -0.2) is 0 Å². The lowest BCUT2D eigenvalue weighted by Crippen LogP contribution is -1.88. The Morgan fingerprint density at radius 3 is 2.32 bits per heavy atom. The first-order valence-corrected chi connectivity index (χ1v) is 6.55. The van der Waals surface area contributed by atoms with Crippen molar-refractivity contribution in [3.63, 3.8) is 0 Å². The van der Waals surface area contributed by atoms with Crippen LogP contribution < -0.4 is 5.32 Å². The van der Waals surface area contributed by atoms with E-state index in [0.717, 1.165) is 5.69 Å². The molecular formula is C18H17N. The van der Waals surface area contributed by atoms with E-state index in [9.17, 15) is 0 Å². The molecule has 0 bridgehead atoms. The van der Waals surface area contributed by atoms with Gasteiger partial charge in [-0.3, -0.25) is 0 Å². The van der Waals surface area contributed by atoms with E-state index in [1.807, 2.05) is 7.05 Å². The van der Waals surface area contributed by atoms with E-state index in [2.05, 4.69) is 72.9 Å². The minimum absolute atomic E-state index is 1.14. The van der Waals surface area contributed by atoms with E-state index < -0.39 is 0 Å². The van der Waals surface area contributed by atoms with E-state index in [-0.39, 0.29) is 0 Å². The second kappa shape index (κ2) is 4.77. The van der Waals surface area contributed by atoms with Crippen molar-refractivity contribution in [3.8, 4) is 11.1 Å². The third-order valence-corrected chi connectivity index (χ3v) is 3.48. The summed E-state index contributed by atoms with van der Waals surface area (Å²) in [5.41, 5.74) is 4.95. The Balaban J connectivity index is 2.12. The summed E-state index contributed by atoms with van der Waals surface area (Å²) >= 11 is 0. The normalized spacial score (nSPS) is 10.6. The molecule has 1 heteroatoms. The van der Waals surface area contributed by atoms with Crippen LogP contribution >= 0.6 is 0 Å². The van der Waals surface area contributed by atoms with Crippen LogP contribution in [-0.2, 0) is 0 Å². The first kappa shape index (κ1) is 11.8. The number of anilines is 1. The van der Waals surface area contributed by atoms with Crippen LogP contribution in [0.15, 0.2) is 60.7 Å². The van der Waals surface area contributed by atoms with Gasteiger partial charge in [-0.15, -0.1) is 0 Å². The molecule has 3 aromatic rings. The summed E-state index contributed by atoms with van der Waals surface area (Å²) in [4.78, 5) is 0. The number of rotatable bonds is 2. The van der Waals surface area contributed by atoms with Crippen LogP contribution in [0.3, 0.4) is 0 Å². The summed E-state index contributed by atoms with van der Waals surface area (Å²) in [5.74, 6) is 0. The van der Waals surface area contributed by atoms with Gasteiger partial charge in [-0.05, 0) is 47.0 Å². The molecular weight excluding hydrogens is 230 g/mol. The highest BCUT2D eigenvalue weighted by Gasteiger charge is 2.01. The molecule has 19 heavy (non-hydrogen) atoms. The fraction of sp³-hybridized carbons (Fsp3) is 0.111. The lowest BCUT2D eigenvalue weighted by Gasteiger charge is -2.07. The van der Waals surface area contributed by atoms with E-state index >= 15 is 0 Å². The maximum absolute atomic E-state index is 3.18. The Labute approximate surface area is 113 Å². The smallest absolute Gasteiger partial charge is 0.0343 e. The molecule has 0 spiro atoms. The Morgan fingerprint density at radius 1 is 0.737 bits per heavy atom. The van der Waals surface area contributed by atoms with E-state index in [1.165, 1.54) is 27.5 Å². The molecule has 3 aromatic carbocycles. The average molecular weight is 247 g/mol. The van der Waals surface area contributed by atoms with Crippen molar-refractivity contribution in [2.24, 2.45) is 0 Å². The molecule has 1 N–H and O–H groups in total. The highest BCUT2D eigenvalue weighted by molar-refractivity contribution is 5.88. The first-order valence-electron chi connectivity index (χ1n) is 6.55. The molecule has 0 saturated heterocycles. The Bertz CT molecular complexity index is 729. The number of benzene rings is 3. The minimum atomic E-state index is 1.14. The fourth-order valence-electron chi connectivity index (χ4n) is 2.40. The summed E-state index contributed by atoms with van der Waals surface area (Å²) in [6.07, 6.45) is 0. The predicted octanol–water partition coefficient (Wildman–Crippen LogP) is 4.86. The number of aryl methyl sites for hydroxylation is 1. The third-order valence-electron chi connectivity index (χ3n) is 3.48. The second-order valence-electron chi connectivity index (χ2n) is 4.90. The quantitative estimate of drug-likeness (QED) is 0.682. The van der Waals surface area contributed by atoms with Crippen molar-refractivity contribution >= 4 is 16.5 Å². The molecule has 1 nitrogen and oxygen atoms in total. The van der Waals surface area contributed by atoms with Crippen LogP contribution in [-0.4, -0.2) is 7.05 Å². The van der Waals surface area contributed by atoms with Crippen LogP contribution in [0.1, 0.15) is 5.56 Å². The molecule has 3 rings (SSSR count). The maximum Gasteiger partial charge on any atom is 0.0343 e. The second-order valence-corrected chi connectivity index (χ2v) is 4.90. The van der Waals surface area contributed by atoms with Gasteiger partial charge in [0.05, 0.1) is 0 Å². The molecule has 94 valence electrons. The van der Waals surface area contributed by atoms with Gasteiger partial charge in [0, 0.05) is 12.7 Å². The summed E-state index contributed by atoms with van der Waals surface area (Å²) in [7, 11) is 1.95. The van der Waals surface area contributed by atoms with Crippen molar-refractivity contribution in [2.75, 3.05) is 12.4 Å². The number of fused-ring (bicyclic) bond motifs is 1. The Hall–Kier alpha value is -2.28. The summed E-state index contributed by atoms with van der Waals surface area (Å²) < 4.78 is 0. The van der Waals surface area contributed by atoms with Crippen molar-refractivity contribution in [3.05, 3.63) is 66.2 Å². The zero-order chi connectivity index (χ0) is 13.2. The van der Waals surface area contributed by atoms with Crippen molar-refractivity contribution in [1.29, 1.82) is 0 Å². The molecule has 0 aliphatic heterocycles. The highest BCUT2D eigenvalue weighted by atomic mass is 14.8. The van der Waals surface area contributed by atoms with Crippen LogP contribution in [0.5, 0.6) is 0 Å². The van der Waals surface area contributed by atoms with Gasteiger partial charge in [0.15, 0.2) is 0 Å². The molecule has 0 amide bonds. The SMILES string of the molecule is CNc1cccc(-c2ccc3cc(C)ccc3c2)c1. The van der Waals surface area contributed by atoms with Crippen LogP contribution in [0, 0.1) is 6.92 Å². The molecule has 0 aliphatic rings. The third kappa shape index (κ3) is 2.32. The Morgan fingerprint density at radius 2 is 1.47 bits per heavy atom. The monoisotopic (exact) mass is 247 g/mol. The zero-order valence-electron chi connectivity index (χ0n) is 11.3. The zero-order valence-corrected chi connectivity index (χ0v) is 11.3. The highest BCUT2D eigenvalue weighted by Crippen LogP contribution is 2.26. The first-order chi connectivity index (χ1) is 9.26. The van der Waals surface area contributed by atoms with Crippen molar-refractivity contribution in [1.82, 2.24) is 0 Å². The van der Waals surface area contributed by atoms with Crippen molar-refractivity contribution in [2.45, 2.75) is 6.92 Å². The lowest BCUT2D eigenvalue weighted by molar-refractivity contribution is 1.50. The molecule has 0 heterocycles. The summed E-state index contributed by atoms with van der Waals surface area (Å²) in [6.45, 7) is 2.13. The topological polar surface area (TPSA) is 12.0 Å². The van der Waals surface area contributed by atoms with Crippen molar-refractivity contribution < 1.29 is 0 Å². The molecule has 0 aromatic heterocycles. The van der Waals surface area contributed by atoms with Gasteiger partial charge < -0.3 is 5.32 Å². The van der Waals surface area contributed by atoms with E-state index in [1.54, 1.807) is 0 Å². The minimum Gasteiger partial charge on any atom is -0.388 e. The standard InChI is InChI=1S/C18H17N/c1-13-6-7-16-11-17(9-8-15(16)10-13)14-4-3-5-18(12-14)19-2/h3-12,19H,1-2H3. The van der Waals surface area contributed by atoms with Gasteiger partial charge in [0.25, 0.3) is 0 Å².